The van der Waals surface area contributed by atoms with Crippen molar-refractivity contribution in [2.75, 3.05) is 13.7 Å². The first-order valence-electron chi connectivity index (χ1n) is 11.7. The molecular formula is C25H31N5O6S. The predicted molar refractivity (Wildman–Crippen MR) is 138 cm³/mol. The number of nitrogens with one attached hydrogen (secondary N) is 4. The normalized spacial score (nSPS) is 12.0. The lowest BCUT2D eigenvalue weighted by Crippen LogP contribution is -2.49. The van der Waals surface area contributed by atoms with Crippen LogP contribution in [0.3, 0.4) is 0 Å². The van der Waals surface area contributed by atoms with Crippen molar-refractivity contribution < 1.29 is 28.7 Å². The molecular weight excluding hydrogens is 498 g/mol. The SMILES string of the molecule is CCc1cc(C(=O)NCc2cccc3[nH]ncc23)sc1C(=O)N[C@@H](CNC(=O)OC(C)(C)C)C(=O)OC. The van der Waals surface area contributed by atoms with Crippen LogP contribution in [-0.2, 0) is 27.2 Å². The van der Waals surface area contributed by atoms with Gasteiger partial charge >= 0.3 is 12.1 Å². The number of thiophene rings is 1. The number of ether oxygens (including phenoxy) is 2. The Morgan fingerprint density at radius 2 is 1.86 bits per heavy atom. The fourth-order valence-corrected chi connectivity index (χ4v) is 4.57. The summed E-state index contributed by atoms with van der Waals surface area (Å²) in [4.78, 5) is 50.8. The van der Waals surface area contributed by atoms with E-state index in [1.54, 1.807) is 33.0 Å². The van der Waals surface area contributed by atoms with E-state index in [1.807, 2.05) is 25.1 Å². The van der Waals surface area contributed by atoms with E-state index in [0.29, 0.717) is 21.7 Å². The Morgan fingerprint density at radius 3 is 2.54 bits per heavy atom. The van der Waals surface area contributed by atoms with Crippen molar-refractivity contribution in [1.82, 2.24) is 26.1 Å². The Bertz CT molecular complexity index is 1290. The molecule has 12 heteroatoms. The van der Waals surface area contributed by atoms with Crippen molar-refractivity contribution in [1.29, 1.82) is 0 Å². The summed E-state index contributed by atoms with van der Waals surface area (Å²) >= 11 is 1.03. The number of esters is 1. The van der Waals surface area contributed by atoms with E-state index in [4.69, 9.17) is 9.47 Å². The molecule has 3 amide bonds. The number of rotatable bonds is 9. The minimum absolute atomic E-state index is 0.229. The number of carbonyl (C=O) groups excluding carboxylic acids is 4. The van der Waals surface area contributed by atoms with Gasteiger partial charge in [0.1, 0.15) is 11.6 Å². The third-order valence-corrected chi connectivity index (χ3v) is 6.45. The quantitative estimate of drug-likeness (QED) is 0.311. The molecule has 198 valence electrons. The highest BCUT2D eigenvalue weighted by Crippen LogP contribution is 2.24. The second-order valence-corrected chi connectivity index (χ2v) is 10.2. The third-order valence-electron chi connectivity index (χ3n) is 5.27. The minimum atomic E-state index is -1.15. The minimum Gasteiger partial charge on any atom is -0.467 e. The van der Waals surface area contributed by atoms with Gasteiger partial charge in [0.25, 0.3) is 11.8 Å². The predicted octanol–water partition coefficient (Wildman–Crippen LogP) is 2.91. The molecule has 2 heterocycles. The molecule has 2 aromatic heterocycles. The van der Waals surface area contributed by atoms with E-state index in [-0.39, 0.29) is 19.0 Å². The molecule has 0 saturated heterocycles. The number of aryl methyl sites for hydroxylation is 1. The summed E-state index contributed by atoms with van der Waals surface area (Å²) in [5.74, 6) is -1.61. The average Bonchev–Trinajstić information content (AvgIpc) is 3.51. The molecule has 0 aliphatic carbocycles. The molecule has 0 bridgehead atoms. The summed E-state index contributed by atoms with van der Waals surface area (Å²) in [6, 6.07) is 6.20. The van der Waals surface area contributed by atoms with Gasteiger partial charge in [0.2, 0.25) is 0 Å². The lowest BCUT2D eigenvalue weighted by molar-refractivity contribution is -0.142. The van der Waals surface area contributed by atoms with Crippen molar-refractivity contribution in [2.24, 2.45) is 0 Å². The molecule has 4 N–H and O–H groups in total. The van der Waals surface area contributed by atoms with Gasteiger partial charge in [-0.1, -0.05) is 19.1 Å². The van der Waals surface area contributed by atoms with E-state index < -0.39 is 29.6 Å². The van der Waals surface area contributed by atoms with Gasteiger partial charge in [-0.15, -0.1) is 11.3 Å². The zero-order chi connectivity index (χ0) is 27.2. The van der Waals surface area contributed by atoms with Crippen molar-refractivity contribution in [2.45, 2.75) is 52.3 Å². The molecule has 0 saturated carbocycles. The highest BCUT2D eigenvalue weighted by Gasteiger charge is 2.27. The molecule has 1 aromatic carbocycles. The van der Waals surface area contributed by atoms with Crippen molar-refractivity contribution in [3.05, 3.63) is 51.3 Å². The Hall–Kier alpha value is -3.93. The zero-order valence-corrected chi connectivity index (χ0v) is 22.2. The Balaban J connectivity index is 1.68. The van der Waals surface area contributed by atoms with Crippen LogP contribution < -0.4 is 16.0 Å². The number of carbonyl (C=O) groups is 4. The number of benzene rings is 1. The van der Waals surface area contributed by atoms with Gasteiger partial charge < -0.3 is 25.4 Å². The van der Waals surface area contributed by atoms with Crippen LogP contribution in [0.2, 0.25) is 0 Å². The van der Waals surface area contributed by atoms with Gasteiger partial charge in [-0.3, -0.25) is 14.7 Å². The number of alkyl carbamates (subject to hydrolysis) is 1. The molecule has 3 rings (SSSR count). The van der Waals surface area contributed by atoms with Crippen molar-refractivity contribution in [3.63, 3.8) is 0 Å². The first-order chi connectivity index (χ1) is 17.5. The van der Waals surface area contributed by atoms with Gasteiger partial charge in [0.15, 0.2) is 0 Å². The zero-order valence-electron chi connectivity index (χ0n) is 21.4. The van der Waals surface area contributed by atoms with Crippen LogP contribution >= 0.6 is 11.3 Å². The molecule has 1 atom stereocenters. The Kier molecular flexibility index (Phi) is 8.87. The highest BCUT2D eigenvalue weighted by atomic mass is 32.1. The second kappa shape index (κ2) is 11.9. The summed E-state index contributed by atoms with van der Waals surface area (Å²) in [7, 11) is 1.18. The van der Waals surface area contributed by atoms with Crippen molar-refractivity contribution in [3.8, 4) is 0 Å². The lowest BCUT2D eigenvalue weighted by Gasteiger charge is -2.21. The molecule has 0 aliphatic heterocycles. The number of aromatic nitrogens is 2. The van der Waals surface area contributed by atoms with Gasteiger partial charge in [-0.05, 0) is 50.5 Å². The summed E-state index contributed by atoms with van der Waals surface area (Å²) in [5.41, 5.74) is 1.72. The Labute approximate surface area is 218 Å². The topological polar surface area (TPSA) is 152 Å². The summed E-state index contributed by atoms with van der Waals surface area (Å²) in [5, 5.41) is 15.8. The highest BCUT2D eigenvalue weighted by molar-refractivity contribution is 7.16. The van der Waals surface area contributed by atoms with Crippen LogP contribution in [0.25, 0.3) is 10.9 Å². The Morgan fingerprint density at radius 1 is 1.11 bits per heavy atom. The fourth-order valence-electron chi connectivity index (χ4n) is 3.50. The van der Waals surface area contributed by atoms with Crippen LogP contribution in [0.5, 0.6) is 0 Å². The van der Waals surface area contributed by atoms with Crippen LogP contribution in [0.4, 0.5) is 4.79 Å². The number of methoxy groups -OCH3 is 1. The van der Waals surface area contributed by atoms with E-state index in [1.165, 1.54) is 7.11 Å². The van der Waals surface area contributed by atoms with E-state index in [9.17, 15) is 19.2 Å². The van der Waals surface area contributed by atoms with Gasteiger partial charge in [-0.25, -0.2) is 9.59 Å². The van der Waals surface area contributed by atoms with Crippen molar-refractivity contribution >= 4 is 46.1 Å². The monoisotopic (exact) mass is 529 g/mol. The first kappa shape index (κ1) is 27.7. The van der Waals surface area contributed by atoms with Gasteiger partial charge in [-0.2, -0.15) is 5.10 Å². The number of nitrogens with zero attached hydrogens (tertiary/aromatic N) is 1. The molecule has 0 radical (unpaired) electrons. The summed E-state index contributed by atoms with van der Waals surface area (Å²) < 4.78 is 9.94. The summed E-state index contributed by atoms with van der Waals surface area (Å²) in [6.45, 7) is 7.05. The van der Waals surface area contributed by atoms with Gasteiger partial charge in [0.05, 0.1) is 35.1 Å². The fraction of sp³-hybridized carbons (Fsp3) is 0.400. The van der Waals surface area contributed by atoms with Crippen LogP contribution in [0, 0.1) is 0 Å². The van der Waals surface area contributed by atoms with E-state index in [0.717, 1.165) is 27.8 Å². The summed E-state index contributed by atoms with van der Waals surface area (Å²) in [6.07, 6.45) is 1.47. The third kappa shape index (κ3) is 7.29. The average molecular weight is 530 g/mol. The maximum Gasteiger partial charge on any atom is 0.407 e. The number of H-pyrrole nitrogens is 1. The largest absolute Gasteiger partial charge is 0.467 e. The number of hydrogen-bond acceptors (Lipinski definition) is 8. The maximum atomic E-state index is 13.1. The van der Waals surface area contributed by atoms with Gasteiger partial charge in [0, 0.05) is 11.9 Å². The number of aromatic amines is 1. The van der Waals surface area contributed by atoms with Crippen LogP contribution in [0.15, 0.2) is 30.5 Å². The second-order valence-electron chi connectivity index (χ2n) is 9.18. The number of fused-ring (bicyclic) bond motifs is 1. The first-order valence-corrected chi connectivity index (χ1v) is 12.5. The van der Waals surface area contributed by atoms with E-state index >= 15 is 0 Å². The molecule has 0 unspecified atom stereocenters. The standard InChI is InChI=1S/C25H31N5O6S/c1-6-14-10-19(21(31)26-11-15-8-7-9-17-16(15)12-28-30-17)37-20(14)22(32)29-18(23(33)35-5)13-27-24(34)36-25(2,3)4/h7-10,12,18H,6,11,13H2,1-5H3,(H,26,31)(H,27,34)(H,28,30)(H,29,32)/t18-/m0/s1. The smallest absolute Gasteiger partial charge is 0.407 e. The molecule has 3 aromatic rings. The molecule has 37 heavy (non-hydrogen) atoms. The van der Waals surface area contributed by atoms with Crippen LogP contribution in [0.1, 0.15) is 58.2 Å². The number of amides is 3. The molecule has 11 nitrogen and oxygen atoms in total. The maximum absolute atomic E-state index is 13.1. The molecule has 0 fully saturated rings. The molecule has 0 aliphatic rings. The molecule has 0 spiro atoms. The number of hydrogen-bond donors (Lipinski definition) is 4. The van der Waals surface area contributed by atoms with E-state index in [2.05, 4.69) is 26.1 Å². The van der Waals surface area contributed by atoms with Crippen LogP contribution in [-0.4, -0.2) is 59.4 Å². The lowest BCUT2D eigenvalue weighted by atomic mass is 10.1.